The molecule has 0 N–H and O–H groups in total. The van der Waals surface area contributed by atoms with E-state index in [-0.39, 0.29) is 0 Å². The highest BCUT2D eigenvalue weighted by molar-refractivity contribution is 4.94. The van der Waals surface area contributed by atoms with Gasteiger partial charge in [0.1, 0.15) is 0 Å². The molecule has 0 aromatic heterocycles. The summed E-state index contributed by atoms with van der Waals surface area (Å²) in [7, 11) is 0. The molecule has 2 aliphatic carbocycles. The fraction of sp³-hybridized carbons (Fsp3) is 1.00. The van der Waals surface area contributed by atoms with E-state index in [9.17, 15) is 0 Å². The molecular formula is C15H28. The largest absolute Gasteiger partial charge is 0.0654 e. The maximum absolute atomic E-state index is 2.52. The van der Waals surface area contributed by atoms with Gasteiger partial charge in [-0.05, 0) is 36.0 Å². The Kier molecular flexibility index (Phi) is 3.74. The lowest BCUT2D eigenvalue weighted by molar-refractivity contribution is 0.126. The lowest BCUT2D eigenvalue weighted by atomic mass is 9.68. The zero-order chi connectivity index (χ0) is 10.8. The summed E-state index contributed by atoms with van der Waals surface area (Å²) < 4.78 is 0. The molecule has 0 bridgehead atoms. The van der Waals surface area contributed by atoms with Gasteiger partial charge < -0.3 is 0 Å². The van der Waals surface area contributed by atoms with Crippen molar-refractivity contribution in [3.8, 4) is 0 Å². The van der Waals surface area contributed by atoms with Crippen molar-refractivity contribution in [3.05, 3.63) is 0 Å². The van der Waals surface area contributed by atoms with E-state index in [0.29, 0.717) is 0 Å². The quantitative estimate of drug-likeness (QED) is 0.620. The monoisotopic (exact) mass is 208 g/mol. The van der Waals surface area contributed by atoms with Gasteiger partial charge in [0.2, 0.25) is 0 Å². The smallest absolute Gasteiger partial charge is 0.0326 e. The summed E-state index contributed by atoms with van der Waals surface area (Å²) in [5, 5.41) is 0. The van der Waals surface area contributed by atoms with Gasteiger partial charge in [-0.25, -0.2) is 0 Å². The Hall–Kier alpha value is 0. The Morgan fingerprint density at radius 2 is 1.93 bits per heavy atom. The molecule has 2 fully saturated rings. The van der Waals surface area contributed by atoms with Crippen LogP contribution in [0.2, 0.25) is 0 Å². The first-order valence-corrected chi connectivity index (χ1v) is 7.27. The summed E-state index contributed by atoms with van der Waals surface area (Å²) in [5.74, 6) is 5.39. The molecule has 0 aromatic rings. The van der Waals surface area contributed by atoms with Crippen LogP contribution in [-0.4, -0.2) is 0 Å². The van der Waals surface area contributed by atoms with Gasteiger partial charge in [0, 0.05) is 0 Å². The minimum atomic E-state index is 1.02. The molecule has 0 aromatic carbocycles. The van der Waals surface area contributed by atoms with Gasteiger partial charge in [0.05, 0.1) is 0 Å². The molecule has 0 saturated heterocycles. The third kappa shape index (κ3) is 2.10. The maximum Gasteiger partial charge on any atom is -0.0326 e. The van der Waals surface area contributed by atoms with Crippen LogP contribution in [0.5, 0.6) is 0 Å². The Labute approximate surface area is 95.8 Å². The van der Waals surface area contributed by atoms with Gasteiger partial charge >= 0.3 is 0 Å². The van der Waals surface area contributed by atoms with Crippen molar-refractivity contribution in [2.24, 2.45) is 29.6 Å². The fourth-order valence-electron chi connectivity index (χ4n) is 4.70. The highest BCUT2D eigenvalue weighted by atomic mass is 14.5. The Morgan fingerprint density at radius 1 is 1.13 bits per heavy atom. The minimum Gasteiger partial charge on any atom is -0.0654 e. The first-order valence-electron chi connectivity index (χ1n) is 7.27. The second kappa shape index (κ2) is 4.89. The molecular weight excluding hydrogens is 180 g/mol. The average Bonchev–Trinajstić information content (AvgIpc) is 2.56. The van der Waals surface area contributed by atoms with Crippen molar-refractivity contribution in [2.75, 3.05) is 0 Å². The lowest BCUT2D eigenvalue weighted by Gasteiger charge is -2.37. The van der Waals surface area contributed by atoms with E-state index in [0.717, 1.165) is 29.6 Å². The normalized spacial score (nSPS) is 45.4. The zero-order valence-corrected chi connectivity index (χ0v) is 10.8. The molecule has 0 amide bonds. The van der Waals surface area contributed by atoms with E-state index in [2.05, 4.69) is 20.8 Å². The highest BCUT2D eigenvalue weighted by Crippen LogP contribution is 2.53. The van der Waals surface area contributed by atoms with E-state index in [1.54, 1.807) is 12.8 Å². The molecule has 5 atom stereocenters. The molecule has 0 nitrogen and oxygen atoms in total. The maximum atomic E-state index is 2.52. The van der Waals surface area contributed by atoms with E-state index in [4.69, 9.17) is 0 Å². The van der Waals surface area contributed by atoms with Crippen molar-refractivity contribution in [1.82, 2.24) is 0 Å². The van der Waals surface area contributed by atoms with Crippen molar-refractivity contribution in [2.45, 2.75) is 65.7 Å². The summed E-state index contributed by atoms with van der Waals surface area (Å²) in [6.07, 6.45) is 10.5. The Bertz CT molecular complexity index is 190. The average molecular weight is 208 g/mol. The molecule has 15 heavy (non-hydrogen) atoms. The van der Waals surface area contributed by atoms with Crippen LogP contribution in [0.25, 0.3) is 0 Å². The molecule has 2 rings (SSSR count). The van der Waals surface area contributed by atoms with Crippen LogP contribution >= 0.6 is 0 Å². The first kappa shape index (κ1) is 11.5. The van der Waals surface area contributed by atoms with Crippen molar-refractivity contribution in [1.29, 1.82) is 0 Å². The Balaban J connectivity index is 2.09. The SMILES string of the molecule is CCCC1C(C)CC2CCCC(CC)C21. The third-order valence-corrected chi connectivity index (χ3v) is 5.28. The van der Waals surface area contributed by atoms with E-state index in [1.807, 2.05) is 0 Å². The molecule has 88 valence electrons. The van der Waals surface area contributed by atoms with Gasteiger partial charge in [-0.1, -0.05) is 59.3 Å². The number of hydrogen-bond donors (Lipinski definition) is 0. The summed E-state index contributed by atoms with van der Waals surface area (Å²) >= 11 is 0. The molecule has 5 unspecified atom stereocenters. The molecule has 2 saturated carbocycles. The molecule has 2 aliphatic rings. The summed E-state index contributed by atoms with van der Waals surface area (Å²) in [4.78, 5) is 0. The number of fused-ring (bicyclic) bond motifs is 1. The minimum absolute atomic E-state index is 1.02. The molecule has 0 aliphatic heterocycles. The Morgan fingerprint density at radius 3 is 2.60 bits per heavy atom. The van der Waals surface area contributed by atoms with Crippen molar-refractivity contribution >= 4 is 0 Å². The number of rotatable bonds is 3. The fourth-order valence-corrected chi connectivity index (χ4v) is 4.70. The van der Waals surface area contributed by atoms with Gasteiger partial charge in [-0.3, -0.25) is 0 Å². The summed E-state index contributed by atoms with van der Waals surface area (Å²) in [6.45, 7) is 7.30. The third-order valence-electron chi connectivity index (χ3n) is 5.28. The van der Waals surface area contributed by atoms with Crippen LogP contribution in [-0.2, 0) is 0 Å². The lowest BCUT2D eigenvalue weighted by Crippen LogP contribution is -2.29. The van der Waals surface area contributed by atoms with Crippen molar-refractivity contribution < 1.29 is 0 Å². The number of hydrogen-bond acceptors (Lipinski definition) is 0. The van der Waals surface area contributed by atoms with Crippen LogP contribution in [0.4, 0.5) is 0 Å². The summed E-state index contributed by atoms with van der Waals surface area (Å²) in [5.41, 5.74) is 0. The van der Waals surface area contributed by atoms with Crippen LogP contribution in [0, 0.1) is 29.6 Å². The predicted octanol–water partition coefficient (Wildman–Crippen LogP) is 4.89. The topological polar surface area (TPSA) is 0 Å². The molecule has 0 heteroatoms. The van der Waals surface area contributed by atoms with E-state index in [1.165, 1.54) is 32.1 Å². The predicted molar refractivity (Wildman–Crippen MR) is 66.8 cm³/mol. The van der Waals surface area contributed by atoms with Crippen LogP contribution < -0.4 is 0 Å². The van der Waals surface area contributed by atoms with Crippen LogP contribution in [0.1, 0.15) is 65.7 Å². The van der Waals surface area contributed by atoms with E-state index < -0.39 is 0 Å². The highest BCUT2D eigenvalue weighted by Gasteiger charge is 2.44. The molecule has 0 heterocycles. The first-order chi connectivity index (χ1) is 7.27. The van der Waals surface area contributed by atoms with Gasteiger partial charge in [-0.15, -0.1) is 0 Å². The second-order valence-electron chi connectivity index (χ2n) is 6.10. The van der Waals surface area contributed by atoms with Gasteiger partial charge in [0.25, 0.3) is 0 Å². The van der Waals surface area contributed by atoms with Gasteiger partial charge in [0.15, 0.2) is 0 Å². The molecule has 0 radical (unpaired) electrons. The molecule has 0 spiro atoms. The zero-order valence-electron chi connectivity index (χ0n) is 10.8. The van der Waals surface area contributed by atoms with Crippen molar-refractivity contribution in [3.63, 3.8) is 0 Å². The van der Waals surface area contributed by atoms with Gasteiger partial charge in [-0.2, -0.15) is 0 Å². The van der Waals surface area contributed by atoms with Crippen LogP contribution in [0.15, 0.2) is 0 Å². The second-order valence-corrected chi connectivity index (χ2v) is 6.10. The summed E-state index contributed by atoms with van der Waals surface area (Å²) in [6, 6.07) is 0. The standard InChI is InChI=1S/C15H28/c1-4-7-14-11(3)10-13-9-6-8-12(5-2)15(13)14/h11-15H,4-10H2,1-3H3. The van der Waals surface area contributed by atoms with E-state index >= 15 is 0 Å². The van der Waals surface area contributed by atoms with Crippen LogP contribution in [0.3, 0.4) is 0 Å².